The molecule has 0 atom stereocenters. The maximum atomic E-state index is 13.9. The van der Waals surface area contributed by atoms with Gasteiger partial charge in [0.2, 0.25) is 0 Å². The summed E-state index contributed by atoms with van der Waals surface area (Å²) >= 11 is 0. The molecule has 5 nitrogen and oxygen atoms in total. The van der Waals surface area contributed by atoms with Crippen LogP contribution in [0.1, 0.15) is 12.0 Å². The van der Waals surface area contributed by atoms with Crippen molar-refractivity contribution in [2.45, 2.75) is 6.42 Å². The SMILES string of the molecule is CN(C)/C=N\c1cc(N=S2(=O)CCC2)cc(F)c1C#N. The van der Waals surface area contributed by atoms with Crippen LogP contribution in [0.3, 0.4) is 0 Å². The van der Waals surface area contributed by atoms with E-state index in [0.29, 0.717) is 11.5 Å². The fourth-order valence-corrected chi connectivity index (χ4v) is 3.15. The number of hydrogen-bond donors (Lipinski definition) is 0. The molecule has 0 aromatic heterocycles. The molecule has 0 spiro atoms. The predicted molar refractivity (Wildman–Crippen MR) is 77.5 cm³/mol. The first-order valence-corrected chi connectivity index (χ1v) is 7.96. The summed E-state index contributed by atoms with van der Waals surface area (Å²) in [6.45, 7) is 0. The molecule has 1 aromatic carbocycles. The second kappa shape index (κ2) is 5.59. The maximum absolute atomic E-state index is 13.9. The summed E-state index contributed by atoms with van der Waals surface area (Å²) in [4.78, 5) is 5.73. The standard InChI is InChI=1S/C13H15FN4OS/c1-18(2)9-16-13-7-10(6-12(14)11(13)8-15)17-20(19)4-3-5-20/h6-7,9H,3-5H2,1-2H3/b16-9-. The first kappa shape index (κ1) is 14.5. The van der Waals surface area contributed by atoms with Crippen LogP contribution in [0.2, 0.25) is 0 Å². The van der Waals surface area contributed by atoms with Crippen LogP contribution in [-0.4, -0.2) is 41.0 Å². The van der Waals surface area contributed by atoms with E-state index in [1.165, 1.54) is 12.4 Å². The van der Waals surface area contributed by atoms with E-state index in [1.807, 2.05) is 0 Å². The average molecular weight is 294 g/mol. The number of halogens is 1. The second-order valence-electron chi connectivity index (χ2n) is 4.77. The van der Waals surface area contributed by atoms with Crippen LogP contribution in [-0.2, 0) is 9.73 Å². The Morgan fingerprint density at radius 3 is 2.65 bits per heavy atom. The van der Waals surface area contributed by atoms with E-state index < -0.39 is 15.5 Å². The normalized spacial score (nSPS) is 16.5. The van der Waals surface area contributed by atoms with Gasteiger partial charge in [-0.3, -0.25) is 0 Å². The minimum absolute atomic E-state index is 0.134. The molecule has 1 aromatic rings. The third-order valence-electron chi connectivity index (χ3n) is 2.79. The van der Waals surface area contributed by atoms with E-state index in [4.69, 9.17) is 5.26 Å². The van der Waals surface area contributed by atoms with E-state index >= 15 is 0 Å². The average Bonchev–Trinajstić information content (AvgIpc) is 2.34. The molecule has 1 saturated heterocycles. The van der Waals surface area contributed by atoms with Gasteiger partial charge >= 0.3 is 0 Å². The largest absolute Gasteiger partial charge is 0.369 e. The van der Waals surface area contributed by atoms with Gasteiger partial charge in [0.25, 0.3) is 0 Å². The van der Waals surface area contributed by atoms with Crippen molar-refractivity contribution in [3.05, 3.63) is 23.5 Å². The lowest BCUT2D eigenvalue weighted by Crippen LogP contribution is -2.22. The first-order chi connectivity index (χ1) is 9.43. The van der Waals surface area contributed by atoms with Crippen LogP contribution in [0.5, 0.6) is 0 Å². The highest BCUT2D eigenvalue weighted by Gasteiger charge is 2.20. The van der Waals surface area contributed by atoms with Gasteiger partial charge in [0.15, 0.2) is 0 Å². The van der Waals surface area contributed by atoms with Crippen LogP contribution in [0.4, 0.5) is 15.8 Å². The molecule has 1 aliphatic rings. The monoisotopic (exact) mass is 294 g/mol. The highest BCUT2D eigenvalue weighted by Crippen LogP contribution is 2.30. The van der Waals surface area contributed by atoms with Crippen molar-refractivity contribution in [2.24, 2.45) is 9.36 Å². The Bertz CT molecular complexity index is 702. The number of hydrogen-bond acceptors (Lipinski definition) is 4. The van der Waals surface area contributed by atoms with Crippen LogP contribution in [0.15, 0.2) is 21.5 Å². The van der Waals surface area contributed by atoms with Crippen molar-refractivity contribution < 1.29 is 8.60 Å². The van der Waals surface area contributed by atoms with Crippen molar-refractivity contribution in [3.8, 4) is 6.07 Å². The molecular weight excluding hydrogens is 279 g/mol. The van der Waals surface area contributed by atoms with Gasteiger partial charge in [-0.05, 0) is 12.5 Å². The molecule has 20 heavy (non-hydrogen) atoms. The summed E-state index contributed by atoms with van der Waals surface area (Å²) in [5.74, 6) is 0.400. The lowest BCUT2D eigenvalue weighted by atomic mass is 10.1. The smallest absolute Gasteiger partial charge is 0.145 e. The highest BCUT2D eigenvalue weighted by molar-refractivity contribution is 7.95. The highest BCUT2D eigenvalue weighted by atomic mass is 32.2. The van der Waals surface area contributed by atoms with Crippen molar-refractivity contribution in [1.29, 1.82) is 5.26 Å². The Hall–Kier alpha value is -1.94. The molecule has 1 heterocycles. The van der Waals surface area contributed by atoms with Crippen LogP contribution in [0.25, 0.3) is 0 Å². The Labute approximate surface area is 117 Å². The predicted octanol–water partition coefficient (Wildman–Crippen LogP) is 2.42. The van der Waals surface area contributed by atoms with Crippen molar-refractivity contribution in [1.82, 2.24) is 4.90 Å². The van der Waals surface area contributed by atoms with Gasteiger partial charge in [-0.2, -0.15) is 9.62 Å². The lowest BCUT2D eigenvalue weighted by Gasteiger charge is -2.17. The van der Waals surface area contributed by atoms with E-state index in [2.05, 4.69) is 9.36 Å². The van der Waals surface area contributed by atoms with E-state index in [0.717, 1.165) is 12.5 Å². The third kappa shape index (κ3) is 3.14. The first-order valence-electron chi connectivity index (χ1n) is 6.10. The molecule has 0 unspecified atom stereocenters. The van der Waals surface area contributed by atoms with E-state index in [9.17, 15) is 8.60 Å². The van der Waals surface area contributed by atoms with Crippen LogP contribution in [0, 0.1) is 17.1 Å². The Morgan fingerprint density at radius 2 is 2.15 bits per heavy atom. The van der Waals surface area contributed by atoms with Gasteiger partial charge in [0, 0.05) is 31.7 Å². The van der Waals surface area contributed by atoms with Gasteiger partial charge in [-0.1, -0.05) is 0 Å². The summed E-state index contributed by atoms with van der Waals surface area (Å²) < 4.78 is 30.0. The fourth-order valence-electron chi connectivity index (χ4n) is 1.70. The molecule has 0 saturated carbocycles. The number of nitrogens with zero attached hydrogens (tertiary/aromatic N) is 4. The fraction of sp³-hybridized carbons (Fsp3) is 0.385. The van der Waals surface area contributed by atoms with Gasteiger partial charge in [0.05, 0.1) is 27.4 Å². The zero-order valence-electron chi connectivity index (χ0n) is 11.3. The molecular formula is C13H15FN4OS. The van der Waals surface area contributed by atoms with E-state index in [1.54, 1.807) is 25.1 Å². The minimum Gasteiger partial charge on any atom is -0.369 e. The lowest BCUT2D eigenvalue weighted by molar-refractivity contribution is 0.624. The second-order valence-corrected chi connectivity index (χ2v) is 7.31. The van der Waals surface area contributed by atoms with Gasteiger partial charge in [0.1, 0.15) is 17.4 Å². The minimum atomic E-state index is -2.21. The van der Waals surface area contributed by atoms with Crippen LogP contribution < -0.4 is 0 Å². The molecule has 106 valence electrons. The van der Waals surface area contributed by atoms with Crippen molar-refractivity contribution in [2.75, 3.05) is 25.6 Å². The number of aliphatic imine (C=N–C) groups is 1. The number of benzene rings is 1. The molecule has 0 radical (unpaired) electrons. The van der Waals surface area contributed by atoms with Gasteiger partial charge in [-0.25, -0.2) is 13.6 Å². The molecule has 0 N–H and O–H groups in total. The summed E-state index contributed by atoms with van der Waals surface area (Å²) in [5, 5.41) is 8.98. The van der Waals surface area contributed by atoms with Crippen molar-refractivity contribution >= 4 is 27.4 Å². The molecule has 1 fully saturated rings. The molecule has 0 bridgehead atoms. The molecule has 2 rings (SSSR count). The summed E-state index contributed by atoms with van der Waals surface area (Å²) in [7, 11) is 1.33. The molecule has 1 aliphatic heterocycles. The maximum Gasteiger partial charge on any atom is 0.145 e. The Kier molecular flexibility index (Phi) is 4.04. The van der Waals surface area contributed by atoms with Gasteiger partial charge < -0.3 is 4.90 Å². The zero-order valence-corrected chi connectivity index (χ0v) is 12.2. The van der Waals surface area contributed by atoms with Crippen molar-refractivity contribution in [3.63, 3.8) is 0 Å². The van der Waals surface area contributed by atoms with Gasteiger partial charge in [-0.15, -0.1) is 0 Å². The summed E-state index contributed by atoms with van der Waals surface area (Å²) in [6, 6.07) is 4.42. The summed E-state index contributed by atoms with van der Waals surface area (Å²) in [6.07, 6.45) is 2.36. The third-order valence-corrected chi connectivity index (χ3v) is 5.19. The number of rotatable bonds is 3. The molecule has 0 aliphatic carbocycles. The Balaban J connectivity index is 2.50. The quantitative estimate of drug-likeness (QED) is 0.635. The van der Waals surface area contributed by atoms with E-state index in [-0.39, 0.29) is 16.9 Å². The topological polar surface area (TPSA) is 68.8 Å². The molecule has 0 amide bonds. The number of nitriles is 1. The Morgan fingerprint density at radius 1 is 1.45 bits per heavy atom. The molecule has 7 heteroatoms. The zero-order chi connectivity index (χ0) is 14.8. The summed E-state index contributed by atoms with van der Waals surface area (Å²) in [5.41, 5.74) is 0.338. The van der Waals surface area contributed by atoms with Crippen LogP contribution >= 0.6 is 0 Å².